The number of pyridine rings is 1. The first-order valence-corrected chi connectivity index (χ1v) is 20.8. The zero-order valence-electron chi connectivity index (χ0n) is 32.6. The number of thiazole rings is 1. The smallest absolute Gasteiger partial charge is 0.408 e. The normalized spacial score (nSPS) is 22.8. The zero-order valence-corrected chi connectivity index (χ0v) is 35.1. The van der Waals surface area contributed by atoms with E-state index in [-0.39, 0.29) is 31.5 Å². The summed E-state index contributed by atoms with van der Waals surface area (Å²) in [6, 6.07) is 3.46. The van der Waals surface area contributed by atoms with Crippen molar-refractivity contribution < 1.29 is 38.5 Å². The molecule has 3 fully saturated rings. The molecule has 3 amide bonds. The van der Waals surface area contributed by atoms with Crippen LogP contribution in [0.5, 0.6) is 11.5 Å². The van der Waals surface area contributed by atoms with E-state index in [0.717, 1.165) is 30.8 Å². The Morgan fingerprint density at radius 3 is 2.48 bits per heavy atom. The molecule has 2 saturated carbocycles. The van der Waals surface area contributed by atoms with Crippen LogP contribution in [-0.2, 0) is 19.1 Å². The molecule has 3 heterocycles. The number of rotatable bonds is 14. The molecule has 4 N–H and O–H groups in total. The molecule has 0 spiro atoms. The Kier molecular flexibility index (Phi) is 12.2. The highest BCUT2D eigenvalue weighted by molar-refractivity contribution is 9.10. The number of aliphatic carboxylic acids is 1. The SMILES string of the molecule is C=C[C@@H]1C[C@]1(NC(=O)[C@@H]1C[C@@H](Oc2cc(-c3csc(NC(C)C)n3)nc3c(Br)c(OCC)ccc23)CN1C(=O)[C@@H](NC(=O)OC1CCCC1)C(C)(C)C)C(=O)O. The van der Waals surface area contributed by atoms with Crippen LogP contribution in [0, 0.1) is 11.3 Å². The first kappa shape index (κ1) is 41.2. The molecule has 2 aromatic heterocycles. The van der Waals surface area contributed by atoms with Gasteiger partial charge in [0.2, 0.25) is 11.8 Å². The van der Waals surface area contributed by atoms with Gasteiger partial charge in [0.1, 0.15) is 47.0 Å². The predicted octanol–water partition coefficient (Wildman–Crippen LogP) is 6.92. The Bertz CT molecular complexity index is 1990. The Morgan fingerprint density at radius 2 is 1.86 bits per heavy atom. The molecule has 3 aliphatic rings. The van der Waals surface area contributed by atoms with Crippen molar-refractivity contribution in [1.82, 2.24) is 25.5 Å². The van der Waals surface area contributed by atoms with Crippen molar-refractivity contribution in [2.24, 2.45) is 11.3 Å². The summed E-state index contributed by atoms with van der Waals surface area (Å²) in [5.74, 6) is -1.73. The van der Waals surface area contributed by atoms with E-state index >= 15 is 0 Å². The molecule has 6 rings (SSSR count). The highest BCUT2D eigenvalue weighted by atomic mass is 79.9. The molecule has 16 heteroatoms. The fourth-order valence-corrected chi connectivity index (χ4v) is 8.81. The molecular formula is C40H51BrN6O8S. The van der Waals surface area contributed by atoms with Crippen molar-refractivity contribution in [2.45, 2.75) is 116 Å². The third-order valence-corrected chi connectivity index (χ3v) is 12.0. The molecule has 14 nitrogen and oxygen atoms in total. The van der Waals surface area contributed by atoms with E-state index in [1.165, 1.54) is 22.3 Å². The standard InChI is InChI=1S/C40H51BrN6O8S/c1-8-22-18-40(22,36(50)51)46-34(48)28-16-24(19-47(28)35(49)33(39(5,6)7)45-38(52)55-23-12-10-11-13-23)54-30-17-26(27-20-56-37(44-27)42-21(3)4)43-32-25(30)14-15-29(31(32)41)53-9-2/h8,14-15,17,20-24,28,33H,1,9-13,16,18-19H2,2-7H3,(H,42,44)(H,45,52)(H,46,48)(H,50,51)/t22-,24-,28+,33-,40-/m1/s1. The van der Waals surface area contributed by atoms with Gasteiger partial charge < -0.3 is 40.2 Å². The van der Waals surface area contributed by atoms with Gasteiger partial charge in [-0.3, -0.25) is 9.59 Å². The van der Waals surface area contributed by atoms with Crippen molar-refractivity contribution >= 4 is 67.2 Å². The minimum Gasteiger partial charge on any atom is -0.493 e. The van der Waals surface area contributed by atoms with Gasteiger partial charge in [0.05, 0.1) is 28.8 Å². The molecule has 1 aromatic carbocycles. The van der Waals surface area contributed by atoms with Crippen LogP contribution >= 0.6 is 27.3 Å². The summed E-state index contributed by atoms with van der Waals surface area (Å²) in [5.41, 5.74) is -0.559. The van der Waals surface area contributed by atoms with Gasteiger partial charge in [-0.25, -0.2) is 19.6 Å². The molecule has 56 heavy (non-hydrogen) atoms. The number of nitrogens with zero attached hydrogens (tertiary/aromatic N) is 3. The minimum absolute atomic E-state index is 0.0235. The van der Waals surface area contributed by atoms with Crippen LogP contribution in [0.1, 0.15) is 80.1 Å². The Hall–Kier alpha value is -4.44. The van der Waals surface area contributed by atoms with Crippen molar-refractivity contribution in [2.75, 3.05) is 18.5 Å². The number of aromatic nitrogens is 2. The van der Waals surface area contributed by atoms with Gasteiger partial charge in [0.25, 0.3) is 0 Å². The summed E-state index contributed by atoms with van der Waals surface area (Å²) in [6.45, 7) is 15.6. The minimum atomic E-state index is -1.52. The average molecular weight is 856 g/mol. The molecule has 3 aromatic rings. The molecule has 0 bridgehead atoms. The van der Waals surface area contributed by atoms with Crippen molar-refractivity contribution in [1.29, 1.82) is 0 Å². The lowest BCUT2D eigenvalue weighted by Crippen LogP contribution is -2.59. The summed E-state index contributed by atoms with van der Waals surface area (Å²) >= 11 is 5.15. The molecule has 2 aliphatic carbocycles. The molecule has 302 valence electrons. The number of carboxylic acids is 1. The number of anilines is 1. The number of amides is 3. The van der Waals surface area contributed by atoms with Gasteiger partial charge in [-0.15, -0.1) is 17.9 Å². The van der Waals surface area contributed by atoms with Crippen molar-refractivity contribution in [3.63, 3.8) is 0 Å². The number of carbonyl (C=O) groups is 4. The topological polar surface area (TPSA) is 181 Å². The summed E-state index contributed by atoms with van der Waals surface area (Å²) in [5, 5.41) is 22.3. The molecule has 1 aliphatic heterocycles. The van der Waals surface area contributed by atoms with Gasteiger partial charge >= 0.3 is 12.1 Å². The van der Waals surface area contributed by atoms with Crippen LogP contribution in [-0.4, -0.2) is 92.9 Å². The van der Waals surface area contributed by atoms with Crippen LogP contribution in [0.25, 0.3) is 22.3 Å². The molecule has 0 unspecified atom stereocenters. The Morgan fingerprint density at radius 1 is 1.12 bits per heavy atom. The van der Waals surface area contributed by atoms with E-state index in [0.29, 0.717) is 44.9 Å². The molecule has 1 saturated heterocycles. The second-order valence-corrected chi connectivity index (χ2v) is 17.7. The number of likely N-dealkylation sites (tertiary alicyclic amines) is 1. The zero-order chi connectivity index (χ0) is 40.5. The highest BCUT2D eigenvalue weighted by Gasteiger charge is 2.61. The maximum absolute atomic E-state index is 14.6. The predicted molar refractivity (Wildman–Crippen MR) is 217 cm³/mol. The van der Waals surface area contributed by atoms with Crippen LogP contribution in [0.3, 0.4) is 0 Å². The summed E-state index contributed by atoms with van der Waals surface area (Å²) in [4.78, 5) is 65.4. The number of carboxylic acid groups (broad SMARTS) is 1. The molecule has 0 radical (unpaired) electrons. The fraction of sp³-hybridized carbons (Fsp3) is 0.550. The Labute approximate surface area is 339 Å². The van der Waals surface area contributed by atoms with E-state index in [2.05, 4.69) is 38.5 Å². The number of benzene rings is 1. The quantitative estimate of drug-likeness (QED) is 0.124. The average Bonchev–Trinajstić information content (AvgIpc) is 3.54. The lowest BCUT2D eigenvalue weighted by atomic mass is 9.85. The van der Waals surface area contributed by atoms with E-state index in [9.17, 15) is 24.3 Å². The van der Waals surface area contributed by atoms with Gasteiger partial charge in [-0.05, 0) is 86.4 Å². The maximum atomic E-state index is 14.6. The largest absolute Gasteiger partial charge is 0.493 e. The second-order valence-electron chi connectivity index (χ2n) is 16.1. The van der Waals surface area contributed by atoms with Crippen molar-refractivity contribution in [3.05, 3.63) is 40.7 Å². The molecular weight excluding hydrogens is 804 g/mol. The van der Waals surface area contributed by atoms with Gasteiger partial charge in [-0.1, -0.05) is 26.8 Å². The third-order valence-electron chi connectivity index (χ3n) is 10.4. The van der Waals surface area contributed by atoms with Crippen LogP contribution < -0.4 is 25.4 Å². The number of halogens is 1. The number of hydrogen-bond acceptors (Lipinski definition) is 11. The lowest BCUT2D eigenvalue weighted by Gasteiger charge is -2.35. The van der Waals surface area contributed by atoms with Gasteiger partial charge in [0.15, 0.2) is 5.13 Å². The van der Waals surface area contributed by atoms with Crippen LogP contribution in [0.2, 0.25) is 0 Å². The van der Waals surface area contributed by atoms with E-state index in [4.69, 9.17) is 24.2 Å². The number of carbonyl (C=O) groups excluding carboxylic acids is 3. The number of hydrogen-bond donors (Lipinski definition) is 4. The van der Waals surface area contributed by atoms with E-state index in [1.807, 2.05) is 59.1 Å². The number of fused-ring (bicyclic) bond motifs is 1. The fourth-order valence-electron chi connectivity index (χ4n) is 7.41. The number of alkyl carbamates (subject to hydrolysis) is 1. The third kappa shape index (κ3) is 8.75. The summed E-state index contributed by atoms with van der Waals surface area (Å²) in [6.07, 6.45) is 3.58. The second kappa shape index (κ2) is 16.6. The first-order valence-electron chi connectivity index (χ1n) is 19.1. The summed E-state index contributed by atoms with van der Waals surface area (Å²) < 4.78 is 18.9. The van der Waals surface area contributed by atoms with E-state index < -0.39 is 58.9 Å². The van der Waals surface area contributed by atoms with Gasteiger partial charge in [-0.2, -0.15) is 0 Å². The van der Waals surface area contributed by atoms with E-state index in [1.54, 1.807) is 6.07 Å². The number of nitrogens with one attached hydrogen (secondary N) is 3. The van der Waals surface area contributed by atoms with Crippen molar-refractivity contribution in [3.8, 4) is 22.9 Å². The lowest BCUT2D eigenvalue weighted by molar-refractivity contribution is -0.146. The van der Waals surface area contributed by atoms with Gasteiger partial charge in [0, 0.05) is 35.2 Å². The Balaban J connectivity index is 1.35. The van der Waals surface area contributed by atoms with Crippen LogP contribution in [0.15, 0.2) is 40.7 Å². The highest BCUT2D eigenvalue weighted by Crippen LogP contribution is 2.45. The number of ether oxygens (including phenoxy) is 3. The maximum Gasteiger partial charge on any atom is 0.408 e. The van der Waals surface area contributed by atoms with Crippen LogP contribution in [0.4, 0.5) is 9.93 Å². The first-order chi connectivity index (χ1) is 26.5. The summed E-state index contributed by atoms with van der Waals surface area (Å²) in [7, 11) is 0. The molecule has 5 atom stereocenters. The monoisotopic (exact) mass is 854 g/mol.